The smallest absolute Gasteiger partial charge is 0.306 e. The molecule has 0 aliphatic carbocycles. The van der Waals surface area contributed by atoms with E-state index in [1.54, 1.807) is 0 Å². The number of allylic oxidation sites excluding steroid dienone is 16. The fourth-order valence-electron chi connectivity index (χ4n) is 6.87. The number of esters is 1. The molecule has 0 rings (SSSR count). The summed E-state index contributed by atoms with van der Waals surface area (Å²) in [7, 11) is 0. The van der Waals surface area contributed by atoms with E-state index in [1.165, 1.54) is 64.2 Å². The SMILES string of the molecule is CC/C=C/C=C/C=C\CCCCCCCC(=O)OC(CCCCC/C=C/C=C/C=C/C=C/C=C/CCC)CC(=O)NC(CO)C(O)CCCCCCCCCCCCCC. The van der Waals surface area contributed by atoms with Crippen molar-refractivity contribution in [3.63, 3.8) is 0 Å². The third-order valence-corrected chi connectivity index (χ3v) is 10.6. The Balaban J connectivity index is 4.76. The predicted molar refractivity (Wildman–Crippen MR) is 259 cm³/mol. The van der Waals surface area contributed by atoms with Crippen molar-refractivity contribution in [2.75, 3.05) is 6.61 Å². The van der Waals surface area contributed by atoms with Gasteiger partial charge in [-0.1, -0.05) is 227 Å². The first kappa shape index (κ1) is 56.8. The highest BCUT2D eigenvalue weighted by Crippen LogP contribution is 2.17. The van der Waals surface area contributed by atoms with E-state index in [9.17, 15) is 19.8 Å². The van der Waals surface area contributed by atoms with Crippen LogP contribution in [-0.4, -0.2) is 46.9 Å². The van der Waals surface area contributed by atoms with E-state index in [4.69, 9.17) is 4.74 Å². The van der Waals surface area contributed by atoms with Crippen molar-refractivity contribution in [1.82, 2.24) is 5.32 Å². The van der Waals surface area contributed by atoms with Crippen LogP contribution in [-0.2, 0) is 14.3 Å². The maximum atomic E-state index is 13.2. The minimum absolute atomic E-state index is 0.0353. The Morgan fingerprint density at radius 1 is 0.500 bits per heavy atom. The zero-order valence-electron chi connectivity index (χ0n) is 38.8. The Morgan fingerprint density at radius 3 is 1.45 bits per heavy atom. The van der Waals surface area contributed by atoms with E-state index in [2.05, 4.69) is 86.8 Å². The molecular weight excluding hydrogens is 743 g/mol. The van der Waals surface area contributed by atoms with Crippen molar-refractivity contribution in [3.05, 3.63) is 97.2 Å². The maximum absolute atomic E-state index is 13.2. The molecule has 0 saturated heterocycles. The van der Waals surface area contributed by atoms with Crippen molar-refractivity contribution in [1.29, 1.82) is 0 Å². The number of ether oxygens (including phenoxy) is 1. The Bertz CT molecular complexity index is 1210. The molecule has 0 heterocycles. The summed E-state index contributed by atoms with van der Waals surface area (Å²) >= 11 is 0. The van der Waals surface area contributed by atoms with E-state index in [-0.39, 0.29) is 24.9 Å². The van der Waals surface area contributed by atoms with Gasteiger partial charge in [-0.25, -0.2) is 0 Å². The van der Waals surface area contributed by atoms with Gasteiger partial charge in [0, 0.05) is 6.42 Å². The second-order valence-electron chi connectivity index (χ2n) is 16.3. The number of carbonyl (C=O) groups is 2. The number of nitrogens with one attached hydrogen (secondary N) is 1. The van der Waals surface area contributed by atoms with Crippen molar-refractivity contribution >= 4 is 11.9 Å². The van der Waals surface area contributed by atoms with Crippen LogP contribution in [0.15, 0.2) is 97.2 Å². The van der Waals surface area contributed by atoms with Crippen molar-refractivity contribution in [3.8, 4) is 0 Å². The average Bonchev–Trinajstić information content (AvgIpc) is 3.24. The molecule has 342 valence electrons. The van der Waals surface area contributed by atoms with Gasteiger partial charge < -0.3 is 20.3 Å². The maximum Gasteiger partial charge on any atom is 0.306 e. The minimum atomic E-state index is -0.808. The molecule has 0 spiro atoms. The van der Waals surface area contributed by atoms with Crippen molar-refractivity contribution in [2.45, 2.75) is 225 Å². The zero-order chi connectivity index (χ0) is 43.8. The molecule has 0 radical (unpaired) electrons. The van der Waals surface area contributed by atoms with Gasteiger partial charge in [-0.3, -0.25) is 9.59 Å². The Morgan fingerprint density at radius 2 is 0.933 bits per heavy atom. The first-order valence-corrected chi connectivity index (χ1v) is 24.6. The molecule has 60 heavy (non-hydrogen) atoms. The van der Waals surface area contributed by atoms with Crippen molar-refractivity contribution in [2.24, 2.45) is 0 Å². The van der Waals surface area contributed by atoms with E-state index < -0.39 is 18.2 Å². The lowest BCUT2D eigenvalue weighted by Gasteiger charge is -2.24. The normalized spacial score (nSPS) is 14.2. The summed E-state index contributed by atoms with van der Waals surface area (Å²) < 4.78 is 5.89. The van der Waals surface area contributed by atoms with Crippen LogP contribution in [0.2, 0.25) is 0 Å². The van der Waals surface area contributed by atoms with Gasteiger partial charge in [0.1, 0.15) is 6.10 Å². The van der Waals surface area contributed by atoms with Crippen LogP contribution in [0.1, 0.15) is 207 Å². The number of carbonyl (C=O) groups excluding carboxylic acids is 2. The molecule has 1 amide bonds. The van der Waals surface area contributed by atoms with Gasteiger partial charge in [0.2, 0.25) is 5.91 Å². The molecular formula is C54H91NO5. The summed E-state index contributed by atoms with van der Waals surface area (Å²) in [4.78, 5) is 26.1. The van der Waals surface area contributed by atoms with E-state index in [0.29, 0.717) is 19.3 Å². The van der Waals surface area contributed by atoms with Gasteiger partial charge in [0.25, 0.3) is 0 Å². The van der Waals surface area contributed by atoms with Crippen LogP contribution < -0.4 is 5.32 Å². The van der Waals surface area contributed by atoms with E-state index in [0.717, 1.165) is 96.3 Å². The lowest BCUT2D eigenvalue weighted by Crippen LogP contribution is -2.46. The number of rotatable bonds is 42. The highest BCUT2D eigenvalue weighted by atomic mass is 16.5. The first-order valence-electron chi connectivity index (χ1n) is 24.6. The molecule has 0 aromatic rings. The monoisotopic (exact) mass is 834 g/mol. The summed E-state index contributed by atoms with van der Waals surface area (Å²) in [6, 6.07) is -0.725. The third-order valence-electron chi connectivity index (χ3n) is 10.6. The highest BCUT2D eigenvalue weighted by Gasteiger charge is 2.24. The molecule has 3 atom stereocenters. The van der Waals surface area contributed by atoms with Crippen LogP contribution in [0.4, 0.5) is 0 Å². The number of aliphatic hydroxyl groups excluding tert-OH is 2. The zero-order valence-corrected chi connectivity index (χ0v) is 38.8. The summed E-state index contributed by atoms with van der Waals surface area (Å²) in [5, 5.41) is 23.7. The summed E-state index contributed by atoms with van der Waals surface area (Å²) in [6.45, 7) is 6.23. The largest absolute Gasteiger partial charge is 0.462 e. The fourth-order valence-corrected chi connectivity index (χ4v) is 6.87. The van der Waals surface area contributed by atoms with E-state index >= 15 is 0 Å². The van der Waals surface area contributed by atoms with Gasteiger partial charge in [-0.05, 0) is 64.2 Å². The Kier molecular flexibility index (Phi) is 44.3. The molecule has 0 aromatic carbocycles. The third kappa shape index (κ3) is 41.5. The highest BCUT2D eigenvalue weighted by molar-refractivity contribution is 5.77. The fraction of sp³-hybridized carbons (Fsp3) is 0.667. The molecule has 3 N–H and O–H groups in total. The summed E-state index contributed by atoms with van der Waals surface area (Å²) in [5.74, 6) is -0.549. The number of hydrogen-bond donors (Lipinski definition) is 3. The molecule has 0 aliphatic rings. The number of aliphatic hydroxyl groups is 2. The lowest BCUT2D eigenvalue weighted by molar-refractivity contribution is -0.151. The van der Waals surface area contributed by atoms with Crippen LogP contribution in [0.25, 0.3) is 0 Å². The van der Waals surface area contributed by atoms with Crippen LogP contribution in [0.3, 0.4) is 0 Å². The average molecular weight is 834 g/mol. The molecule has 3 unspecified atom stereocenters. The predicted octanol–water partition coefficient (Wildman–Crippen LogP) is 14.6. The molecule has 0 fully saturated rings. The van der Waals surface area contributed by atoms with Crippen LogP contribution in [0, 0.1) is 0 Å². The number of unbranched alkanes of at least 4 members (excludes halogenated alkanes) is 20. The first-order chi connectivity index (χ1) is 29.5. The Labute approximate surface area is 369 Å². The lowest BCUT2D eigenvalue weighted by atomic mass is 10.0. The molecule has 6 nitrogen and oxygen atoms in total. The van der Waals surface area contributed by atoms with Gasteiger partial charge in [-0.15, -0.1) is 0 Å². The molecule has 0 saturated carbocycles. The number of hydrogen-bond acceptors (Lipinski definition) is 5. The topological polar surface area (TPSA) is 95.9 Å². The molecule has 6 heteroatoms. The molecule has 0 bridgehead atoms. The molecule has 0 aromatic heterocycles. The molecule has 0 aliphatic heterocycles. The van der Waals surface area contributed by atoms with E-state index in [1.807, 2.05) is 36.5 Å². The number of amides is 1. The van der Waals surface area contributed by atoms with Gasteiger partial charge >= 0.3 is 5.97 Å². The summed E-state index contributed by atoms with van der Waals surface area (Å²) in [6.07, 6.45) is 61.7. The summed E-state index contributed by atoms with van der Waals surface area (Å²) in [5.41, 5.74) is 0. The minimum Gasteiger partial charge on any atom is -0.462 e. The standard InChI is InChI=1S/C54H91NO5/c1-4-7-10-13-16-19-22-25-26-27-29-30-33-36-39-42-45-50(60-54(59)47-44-41-38-35-32-28-23-20-17-14-11-8-5-2)48-53(58)55-51(49-56)52(57)46-43-40-37-34-31-24-21-18-15-12-9-6-3/h8,10-11,13-14,16-17,19-20,22-23,25-27,29-30,50-52,56-57H,4-7,9,12,15,18,21,24,28,31-49H2,1-3H3,(H,55,58)/b11-8+,13-10+,17-14+,19-16+,23-20-,25-22+,27-26+,30-29+. The van der Waals surface area contributed by atoms with Crippen LogP contribution >= 0.6 is 0 Å². The van der Waals surface area contributed by atoms with Gasteiger partial charge in [-0.2, -0.15) is 0 Å². The van der Waals surface area contributed by atoms with Gasteiger partial charge in [0.15, 0.2) is 0 Å². The van der Waals surface area contributed by atoms with Crippen molar-refractivity contribution < 1.29 is 24.5 Å². The second kappa shape index (κ2) is 46.8. The van der Waals surface area contributed by atoms with Gasteiger partial charge in [0.05, 0.1) is 25.2 Å². The Hall–Kier alpha value is -3.22. The van der Waals surface area contributed by atoms with Crippen LogP contribution in [0.5, 0.6) is 0 Å². The second-order valence-corrected chi connectivity index (χ2v) is 16.3. The quantitative estimate of drug-likeness (QED) is 0.0323.